The molecule has 0 bridgehead atoms. The van der Waals surface area contributed by atoms with Crippen LogP contribution in [0.25, 0.3) is 0 Å². The number of hydrogen-bond acceptors (Lipinski definition) is 5. The molecule has 0 saturated carbocycles. The van der Waals surface area contributed by atoms with Crippen LogP contribution in [0.4, 0.5) is 9.18 Å². The van der Waals surface area contributed by atoms with E-state index in [9.17, 15) is 22.4 Å². The van der Waals surface area contributed by atoms with Gasteiger partial charge in [0.15, 0.2) is 9.84 Å². The third kappa shape index (κ3) is 2.58. The van der Waals surface area contributed by atoms with Gasteiger partial charge in [0.05, 0.1) is 16.9 Å². The van der Waals surface area contributed by atoms with E-state index in [-0.39, 0.29) is 13.1 Å². The minimum Gasteiger partial charge on any atom is -0.479 e. The highest BCUT2D eigenvalue weighted by molar-refractivity contribution is 7.91. The molecule has 1 N–H and O–H groups in total. The van der Waals surface area contributed by atoms with E-state index in [1.54, 1.807) is 20.8 Å². The fourth-order valence-electron chi connectivity index (χ4n) is 2.81. The van der Waals surface area contributed by atoms with Crippen LogP contribution in [0.1, 0.15) is 20.8 Å². The first-order chi connectivity index (χ1) is 9.30. The molecule has 2 heterocycles. The fourth-order valence-corrected chi connectivity index (χ4v) is 5.20. The molecule has 2 aliphatic heterocycles. The Morgan fingerprint density at radius 2 is 1.76 bits per heavy atom. The van der Waals surface area contributed by atoms with Crippen LogP contribution in [0.15, 0.2) is 0 Å². The number of amides is 1. The zero-order chi connectivity index (χ0) is 16.3. The van der Waals surface area contributed by atoms with Crippen molar-refractivity contribution in [3.63, 3.8) is 0 Å². The maximum Gasteiger partial charge on any atom is 0.410 e. The van der Waals surface area contributed by atoms with Crippen molar-refractivity contribution >= 4 is 21.9 Å². The molecule has 0 radical (unpaired) electrons. The summed E-state index contributed by atoms with van der Waals surface area (Å²) in [7, 11) is -3.79. The number of carbonyl (C=O) groups excluding carboxylic acids is 1. The van der Waals surface area contributed by atoms with Crippen LogP contribution in [0.3, 0.4) is 0 Å². The van der Waals surface area contributed by atoms with Gasteiger partial charge in [-0.25, -0.2) is 22.4 Å². The highest BCUT2D eigenvalue weighted by Gasteiger charge is 2.71. The second-order valence-electron chi connectivity index (χ2n) is 6.76. The number of sulfone groups is 1. The number of nitrogens with zero attached hydrogens (tertiary/aromatic N) is 1. The van der Waals surface area contributed by atoms with Gasteiger partial charge in [0.2, 0.25) is 5.67 Å². The molecule has 1 atom stereocenters. The van der Waals surface area contributed by atoms with Gasteiger partial charge in [-0.1, -0.05) is 0 Å². The number of aliphatic carboxylic acids is 1. The van der Waals surface area contributed by atoms with E-state index in [1.165, 1.54) is 0 Å². The summed E-state index contributed by atoms with van der Waals surface area (Å²) >= 11 is 0. The van der Waals surface area contributed by atoms with E-state index in [1.807, 2.05) is 0 Å². The molecular formula is C12H18FNO6S. The normalized spacial score (nSPS) is 30.0. The van der Waals surface area contributed by atoms with Crippen LogP contribution >= 0.6 is 0 Å². The van der Waals surface area contributed by atoms with Gasteiger partial charge in [-0.2, -0.15) is 0 Å². The number of rotatable bonds is 1. The Morgan fingerprint density at radius 3 is 2.19 bits per heavy atom. The van der Waals surface area contributed by atoms with Crippen LogP contribution in [0.2, 0.25) is 0 Å². The predicted octanol–water partition coefficient (Wildman–Crippen LogP) is 0.445. The van der Waals surface area contributed by atoms with Crippen molar-refractivity contribution in [1.29, 1.82) is 0 Å². The number of carbonyl (C=O) groups is 2. The molecular weight excluding hydrogens is 305 g/mol. The Morgan fingerprint density at radius 1 is 1.24 bits per heavy atom. The number of alkyl halides is 1. The standard InChI is InChI=1S/C12H18FNO6S/c1-10(2,3)20-9(17)14-4-11(5-14)6-21(18,19)7-12(11,13)8(15)16/h4-7H2,1-3H3,(H,15,16). The summed E-state index contributed by atoms with van der Waals surface area (Å²) in [6.07, 6.45) is -0.704. The van der Waals surface area contributed by atoms with Gasteiger partial charge >= 0.3 is 12.1 Å². The lowest BCUT2D eigenvalue weighted by Gasteiger charge is -2.50. The van der Waals surface area contributed by atoms with Gasteiger partial charge in [0, 0.05) is 13.1 Å². The molecule has 0 aliphatic carbocycles. The first kappa shape index (κ1) is 16.0. The Labute approximate surface area is 122 Å². The molecule has 1 unspecified atom stereocenters. The van der Waals surface area contributed by atoms with Gasteiger partial charge in [-0.3, -0.25) is 0 Å². The van der Waals surface area contributed by atoms with Crippen molar-refractivity contribution in [1.82, 2.24) is 4.90 Å². The molecule has 2 saturated heterocycles. The van der Waals surface area contributed by atoms with Crippen molar-refractivity contribution in [2.45, 2.75) is 32.0 Å². The smallest absolute Gasteiger partial charge is 0.410 e. The van der Waals surface area contributed by atoms with Crippen molar-refractivity contribution in [3.05, 3.63) is 0 Å². The minimum atomic E-state index is -3.79. The molecule has 0 aromatic heterocycles. The minimum absolute atomic E-state index is 0.274. The zero-order valence-corrected chi connectivity index (χ0v) is 12.9. The highest BCUT2D eigenvalue weighted by Crippen LogP contribution is 2.50. The molecule has 120 valence electrons. The lowest BCUT2D eigenvalue weighted by atomic mass is 9.70. The first-order valence-corrected chi connectivity index (χ1v) is 8.23. The van der Waals surface area contributed by atoms with Crippen molar-refractivity contribution in [3.8, 4) is 0 Å². The second kappa shape index (κ2) is 4.31. The van der Waals surface area contributed by atoms with Crippen molar-refractivity contribution in [2.24, 2.45) is 5.41 Å². The average molecular weight is 323 g/mol. The Kier molecular flexibility index (Phi) is 3.28. The molecule has 0 aromatic rings. The molecule has 1 amide bonds. The summed E-state index contributed by atoms with van der Waals surface area (Å²) in [6.45, 7) is 4.44. The number of ether oxygens (including phenoxy) is 1. The molecule has 21 heavy (non-hydrogen) atoms. The SMILES string of the molecule is CC(C)(C)OC(=O)N1CC2(C1)CS(=O)(=O)CC2(F)C(=O)O. The van der Waals surface area contributed by atoms with E-state index in [0.717, 1.165) is 4.90 Å². The van der Waals surface area contributed by atoms with Gasteiger partial charge < -0.3 is 14.7 Å². The molecule has 2 fully saturated rings. The van der Waals surface area contributed by atoms with Crippen LogP contribution in [0.5, 0.6) is 0 Å². The third-order valence-corrected chi connectivity index (χ3v) is 5.56. The maximum absolute atomic E-state index is 14.6. The van der Waals surface area contributed by atoms with Crippen LogP contribution in [0, 0.1) is 5.41 Å². The Balaban J connectivity index is 2.17. The largest absolute Gasteiger partial charge is 0.479 e. The molecule has 1 spiro atoms. The molecule has 9 heteroatoms. The van der Waals surface area contributed by atoms with Crippen LogP contribution in [-0.2, 0) is 19.4 Å². The maximum atomic E-state index is 14.6. The van der Waals surface area contributed by atoms with E-state index in [4.69, 9.17) is 9.84 Å². The van der Waals surface area contributed by atoms with Crippen LogP contribution < -0.4 is 0 Å². The molecule has 7 nitrogen and oxygen atoms in total. The number of carboxylic acid groups (broad SMARTS) is 1. The first-order valence-electron chi connectivity index (χ1n) is 6.41. The summed E-state index contributed by atoms with van der Waals surface area (Å²) in [6, 6.07) is 0. The Hall–Kier alpha value is -1.38. The number of carboxylic acids is 1. The van der Waals surface area contributed by atoms with Crippen LogP contribution in [-0.4, -0.2) is 66.4 Å². The van der Waals surface area contributed by atoms with E-state index in [2.05, 4.69) is 0 Å². The number of likely N-dealkylation sites (tertiary alicyclic amines) is 1. The second-order valence-corrected chi connectivity index (χ2v) is 8.82. The van der Waals surface area contributed by atoms with Gasteiger partial charge in [0.1, 0.15) is 5.60 Å². The summed E-state index contributed by atoms with van der Waals surface area (Å²) in [5, 5.41) is 9.04. The summed E-state index contributed by atoms with van der Waals surface area (Å²) < 4.78 is 43.0. The van der Waals surface area contributed by atoms with E-state index in [0.29, 0.717) is 0 Å². The summed E-state index contributed by atoms with van der Waals surface area (Å²) in [4.78, 5) is 24.1. The van der Waals surface area contributed by atoms with Crippen molar-refractivity contribution in [2.75, 3.05) is 24.6 Å². The Bertz CT molecular complexity index is 589. The van der Waals surface area contributed by atoms with Gasteiger partial charge in [-0.15, -0.1) is 0 Å². The zero-order valence-electron chi connectivity index (χ0n) is 12.1. The summed E-state index contributed by atoms with van der Waals surface area (Å²) in [5.41, 5.74) is -5.17. The average Bonchev–Trinajstić information content (AvgIpc) is 2.41. The lowest BCUT2D eigenvalue weighted by Crippen LogP contribution is -2.69. The van der Waals surface area contributed by atoms with E-state index >= 15 is 0 Å². The predicted molar refractivity (Wildman–Crippen MR) is 70.4 cm³/mol. The molecule has 0 aromatic carbocycles. The fraction of sp³-hybridized carbons (Fsp3) is 0.833. The van der Waals surface area contributed by atoms with Gasteiger partial charge in [-0.05, 0) is 20.8 Å². The van der Waals surface area contributed by atoms with Crippen molar-refractivity contribution < 1.29 is 32.2 Å². The third-order valence-electron chi connectivity index (χ3n) is 3.73. The monoisotopic (exact) mass is 323 g/mol. The lowest BCUT2D eigenvalue weighted by molar-refractivity contribution is -0.167. The van der Waals surface area contributed by atoms with Gasteiger partial charge in [0.25, 0.3) is 0 Å². The molecule has 2 aliphatic rings. The van der Waals surface area contributed by atoms with E-state index < -0.39 is 50.1 Å². The number of halogens is 1. The molecule has 2 rings (SSSR count). The summed E-state index contributed by atoms with van der Waals surface area (Å²) in [5.74, 6) is -3.41. The highest BCUT2D eigenvalue weighted by atomic mass is 32.2. The topological polar surface area (TPSA) is 101 Å². The number of hydrogen-bond donors (Lipinski definition) is 1. The quantitative estimate of drug-likeness (QED) is 0.751.